The molecule has 2 N–H and O–H groups in total. The third-order valence-electron chi connectivity index (χ3n) is 6.74. The topological polar surface area (TPSA) is 81.8 Å². The van der Waals surface area contributed by atoms with Gasteiger partial charge in [-0.25, -0.2) is 0 Å². The molecule has 7 heteroatoms. The number of fused-ring (bicyclic) bond motifs is 2. The summed E-state index contributed by atoms with van der Waals surface area (Å²) in [5, 5.41) is 5.95. The molecule has 0 saturated carbocycles. The van der Waals surface area contributed by atoms with Crippen LogP contribution in [0, 0.1) is 5.92 Å². The highest BCUT2D eigenvalue weighted by Gasteiger charge is 2.39. The van der Waals surface area contributed by atoms with Crippen LogP contribution in [0.1, 0.15) is 47.2 Å². The first-order chi connectivity index (χ1) is 13.6. The number of hydrogen-bond donors (Lipinski definition) is 2. The molecular formula is C21H26N4O3. The number of hydrogen-bond acceptors (Lipinski definition) is 5. The van der Waals surface area contributed by atoms with Crippen LogP contribution in [0.2, 0.25) is 0 Å². The van der Waals surface area contributed by atoms with Gasteiger partial charge in [-0.1, -0.05) is 12.1 Å². The molecule has 4 aliphatic rings. The average Bonchev–Trinajstić information content (AvgIpc) is 3.26. The fourth-order valence-corrected chi connectivity index (χ4v) is 5.22. The molecular weight excluding hydrogens is 356 g/mol. The Morgan fingerprint density at radius 1 is 1.11 bits per heavy atom. The average molecular weight is 382 g/mol. The molecule has 3 atom stereocenters. The second-order valence-corrected chi connectivity index (χ2v) is 8.52. The normalized spacial score (nSPS) is 30.4. The Morgan fingerprint density at radius 3 is 2.86 bits per heavy atom. The Morgan fingerprint density at radius 2 is 2.00 bits per heavy atom. The lowest BCUT2D eigenvalue weighted by molar-refractivity contribution is -0.136. The molecule has 0 aliphatic carbocycles. The number of nitrogens with zero attached hydrogens (tertiary/aromatic N) is 2. The Labute approximate surface area is 164 Å². The zero-order valence-electron chi connectivity index (χ0n) is 15.9. The van der Waals surface area contributed by atoms with Gasteiger partial charge in [0.05, 0.1) is 0 Å². The maximum Gasteiger partial charge on any atom is 0.255 e. The molecule has 1 unspecified atom stereocenters. The number of amides is 3. The molecule has 28 heavy (non-hydrogen) atoms. The van der Waals surface area contributed by atoms with Crippen LogP contribution in [0.15, 0.2) is 18.2 Å². The summed E-state index contributed by atoms with van der Waals surface area (Å²) in [6.07, 6.45) is 3.14. The van der Waals surface area contributed by atoms with Gasteiger partial charge >= 0.3 is 0 Å². The van der Waals surface area contributed by atoms with E-state index in [1.807, 2.05) is 12.1 Å². The summed E-state index contributed by atoms with van der Waals surface area (Å²) in [5.41, 5.74) is 2.83. The predicted molar refractivity (Wildman–Crippen MR) is 102 cm³/mol. The standard InChI is InChI=1S/C21H26N4O3/c26-19-4-3-18(20(27)23-19)25-12-14-2-1-13(9-16(14)21(25)28)10-24-8-6-17-15(11-24)5-7-22-17/h1-2,9,15,17-18,22H,3-8,10-12H2,(H,23,26,27)/t15-,17+,18?/m1/s1. The minimum absolute atomic E-state index is 0.0925. The lowest BCUT2D eigenvalue weighted by Crippen LogP contribution is -2.52. The van der Waals surface area contributed by atoms with E-state index in [-0.39, 0.29) is 24.1 Å². The number of likely N-dealkylation sites (tertiary alicyclic amines) is 1. The van der Waals surface area contributed by atoms with E-state index in [2.05, 4.69) is 21.6 Å². The molecule has 148 valence electrons. The van der Waals surface area contributed by atoms with Crippen molar-refractivity contribution in [1.29, 1.82) is 0 Å². The molecule has 7 nitrogen and oxygen atoms in total. The van der Waals surface area contributed by atoms with E-state index in [0.29, 0.717) is 24.6 Å². The number of piperidine rings is 2. The Kier molecular flexibility index (Phi) is 4.44. The molecule has 0 bridgehead atoms. The zero-order valence-corrected chi connectivity index (χ0v) is 15.9. The first-order valence-electron chi connectivity index (χ1n) is 10.3. The first-order valence-corrected chi connectivity index (χ1v) is 10.3. The highest BCUT2D eigenvalue weighted by molar-refractivity contribution is 6.05. The summed E-state index contributed by atoms with van der Waals surface area (Å²) in [5.74, 6) is 0.0393. The van der Waals surface area contributed by atoms with Gasteiger partial charge in [0.2, 0.25) is 11.8 Å². The number of nitrogens with one attached hydrogen (secondary N) is 2. The van der Waals surface area contributed by atoms with Crippen LogP contribution >= 0.6 is 0 Å². The number of benzene rings is 1. The fraction of sp³-hybridized carbons (Fsp3) is 0.571. The number of imide groups is 1. The number of rotatable bonds is 3. The Hall–Kier alpha value is -2.25. The van der Waals surface area contributed by atoms with E-state index in [1.165, 1.54) is 12.8 Å². The van der Waals surface area contributed by atoms with Crippen molar-refractivity contribution in [3.8, 4) is 0 Å². The quantitative estimate of drug-likeness (QED) is 0.750. The SMILES string of the molecule is O=C1CCC(N2Cc3ccc(CN4CC[C@@H]5NCC[C@@H]5C4)cc3C2=O)C(=O)N1. The highest BCUT2D eigenvalue weighted by atomic mass is 16.2. The maximum absolute atomic E-state index is 13.0. The summed E-state index contributed by atoms with van der Waals surface area (Å²) in [4.78, 5) is 40.6. The van der Waals surface area contributed by atoms with Crippen molar-refractivity contribution in [1.82, 2.24) is 20.4 Å². The monoisotopic (exact) mass is 382 g/mol. The predicted octanol–water partition coefficient (Wildman–Crippen LogP) is 0.631. The molecule has 0 aromatic heterocycles. The number of carbonyl (C=O) groups excluding carboxylic acids is 3. The lowest BCUT2D eigenvalue weighted by Gasteiger charge is -2.34. The van der Waals surface area contributed by atoms with Gasteiger partial charge in [-0.3, -0.25) is 24.6 Å². The molecule has 0 radical (unpaired) electrons. The maximum atomic E-state index is 13.0. The van der Waals surface area contributed by atoms with Crippen molar-refractivity contribution in [3.63, 3.8) is 0 Å². The third kappa shape index (κ3) is 3.12. The van der Waals surface area contributed by atoms with Crippen molar-refractivity contribution < 1.29 is 14.4 Å². The fourth-order valence-electron chi connectivity index (χ4n) is 5.22. The number of carbonyl (C=O) groups is 3. The molecule has 4 aliphatic heterocycles. The molecule has 0 spiro atoms. The molecule has 1 aromatic rings. The Bertz CT molecular complexity index is 839. The minimum atomic E-state index is -0.546. The van der Waals surface area contributed by atoms with Gasteiger partial charge in [0.1, 0.15) is 6.04 Å². The van der Waals surface area contributed by atoms with E-state index in [4.69, 9.17) is 0 Å². The molecule has 3 saturated heterocycles. The van der Waals surface area contributed by atoms with Crippen molar-refractivity contribution in [3.05, 3.63) is 34.9 Å². The zero-order chi connectivity index (χ0) is 19.3. The molecule has 3 amide bonds. The molecule has 3 fully saturated rings. The van der Waals surface area contributed by atoms with E-state index < -0.39 is 6.04 Å². The lowest BCUT2D eigenvalue weighted by atomic mass is 9.93. The van der Waals surface area contributed by atoms with Gasteiger partial charge in [-0.15, -0.1) is 0 Å². The second-order valence-electron chi connectivity index (χ2n) is 8.52. The van der Waals surface area contributed by atoms with Crippen molar-refractivity contribution >= 4 is 17.7 Å². The van der Waals surface area contributed by atoms with Crippen molar-refractivity contribution in [2.45, 2.75) is 50.9 Å². The van der Waals surface area contributed by atoms with Crippen LogP contribution < -0.4 is 10.6 Å². The van der Waals surface area contributed by atoms with Crippen LogP contribution in [0.4, 0.5) is 0 Å². The summed E-state index contributed by atoms with van der Waals surface area (Å²) >= 11 is 0. The summed E-state index contributed by atoms with van der Waals surface area (Å²) in [7, 11) is 0. The van der Waals surface area contributed by atoms with Gasteiger partial charge in [-0.05, 0) is 55.5 Å². The highest BCUT2D eigenvalue weighted by Crippen LogP contribution is 2.30. The van der Waals surface area contributed by atoms with Gasteiger partial charge in [0.15, 0.2) is 0 Å². The van der Waals surface area contributed by atoms with E-state index >= 15 is 0 Å². The van der Waals surface area contributed by atoms with E-state index in [1.54, 1.807) is 4.90 Å². The van der Waals surface area contributed by atoms with E-state index in [0.717, 1.165) is 43.2 Å². The third-order valence-corrected chi connectivity index (χ3v) is 6.74. The van der Waals surface area contributed by atoms with Crippen LogP contribution in [0.5, 0.6) is 0 Å². The van der Waals surface area contributed by atoms with Gasteiger partial charge in [0.25, 0.3) is 5.91 Å². The second kappa shape index (κ2) is 6.97. The van der Waals surface area contributed by atoms with Crippen LogP contribution in [0.3, 0.4) is 0 Å². The first kappa shape index (κ1) is 17.8. The largest absolute Gasteiger partial charge is 0.322 e. The molecule has 1 aromatic carbocycles. The van der Waals surface area contributed by atoms with Crippen molar-refractivity contribution in [2.24, 2.45) is 5.92 Å². The summed E-state index contributed by atoms with van der Waals surface area (Å²) < 4.78 is 0. The van der Waals surface area contributed by atoms with Crippen LogP contribution in [-0.2, 0) is 22.7 Å². The van der Waals surface area contributed by atoms with E-state index in [9.17, 15) is 14.4 Å². The van der Waals surface area contributed by atoms with Gasteiger partial charge in [0, 0.05) is 37.7 Å². The van der Waals surface area contributed by atoms with Crippen LogP contribution in [-0.4, -0.2) is 59.2 Å². The molecule has 4 heterocycles. The summed E-state index contributed by atoms with van der Waals surface area (Å²) in [6.45, 7) is 4.64. The molecule has 5 rings (SSSR count). The van der Waals surface area contributed by atoms with Gasteiger partial charge in [-0.2, -0.15) is 0 Å². The minimum Gasteiger partial charge on any atom is -0.322 e. The Balaban J connectivity index is 1.28. The van der Waals surface area contributed by atoms with Crippen molar-refractivity contribution in [2.75, 3.05) is 19.6 Å². The smallest absolute Gasteiger partial charge is 0.255 e. The van der Waals surface area contributed by atoms with Gasteiger partial charge < -0.3 is 10.2 Å². The van der Waals surface area contributed by atoms with Crippen LogP contribution in [0.25, 0.3) is 0 Å². The summed E-state index contributed by atoms with van der Waals surface area (Å²) in [6, 6.07) is 6.27.